The smallest absolute Gasteiger partial charge is 0.261 e. The topological polar surface area (TPSA) is 63.4 Å². The number of carbonyl (C=O) groups excluding carboxylic acids is 2. The average Bonchev–Trinajstić information content (AvgIpc) is 3.00. The van der Waals surface area contributed by atoms with E-state index >= 15 is 0 Å². The van der Waals surface area contributed by atoms with Gasteiger partial charge >= 0.3 is 0 Å². The lowest BCUT2D eigenvalue weighted by Crippen LogP contribution is -2.42. The molecule has 1 aliphatic carbocycles. The molecular weight excluding hydrogens is 272 g/mol. The number of hydrogen-bond acceptors (Lipinski definition) is 4. The normalized spacial score (nSPS) is 20.6. The third-order valence-corrected chi connectivity index (χ3v) is 5.79. The summed E-state index contributed by atoms with van der Waals surface area (Å²) in [7, 11) is 0. The van der Waals surface area contributed by atoms with E-state index in [1.54, 1.807) is 30.0 Å². The standard InChI is InChI=1S/C15H18N2O2S/c1-20-15(6-2-3-7-15)9-17-13(18)11-5-4-10(16)8-12(11)14(17)19/h4-5,8H,2-3,6-7,9,16H2,1H3. The van der Waals surface area contributed by atoms with Gasteiger partial charge in [-0.25, -0.2) is 0 Å². The van der Waals surface area contributed by atoms with E-state index in [1.165, 1.54) is 17.7 Å². The number of fused-ring (bicyclic) bond motifs is 1. The molecule has 2 N–H and O–H groups in total. The van der Waals surface area contributed by atoms with Crippen LogP contribution >= 0.6 is 11.8 Å². The van der Waals surface area contributed by atoms with Crippen molar-refractivity contribution in [1.29, 1.82) is 0 Å². The third kappa shape index (κ3) is 2.00. The van der Waals surface area contributed by atoms with Crippen LogP contribution in [0.2, 0.25) is 0 Å². The van der Waals surface area contributed by atoms with E-state index in [0.717, 1.165) is 12.8 Å². The lowest BCUT2D eigenvalue weighted by molar-refractivity contribution is 0.0639. The molecule has 0 bridgehead atoms. The van der Waals surface area contributed by atoms with Crippen LogP contribution < -0.4 is 5.73 Å². The number of nitrogens with zero attached hydrogens (tertiary/aromatic N) is 1. The Morgan fingerprint density at radius 1 is 1.20 bits per heavy atom. The number of nitrogen functional groups attached to an aromatic ring is 1. The van der Waals surface area contributed by atoms with Gasteiger partial charge in [0, 0.05) is 17.0 Å². The monoisotopic (exact) mass is 290 g/mol. The summed E-state index contributed by atoms with van der Waals surface area (Å²) in [4.78, 5) is 26.3. The maximum Gasteiger partial charge on any atom is 0.261 e. The summed E-state index contributed by atoms with van der Waals surface area (Å²) in [5, 5.41) is 0. The summed E-state index contributed by atoms with van der Waals surface area (Å²) in [6.45, 7) is 0.514. The van der Waals surface area contributed by atoms with Crippen LogP contribution in [0.5, 0.6) is 0 Å². The van der Waals surface area contributed by atoms with E-state index < -0.39 is 0 Å². The van der Waals surface area contributed by atoms with Gasteiger partial charge in [0.2, 0.25) is 0 Å². The van der Waals surface area contributed by atoms with Gasteiger partial charge in [0.15, 0.2) is 0 Å². The van der Waals surface area contributed by atoms with Crippen molar-refractivity contribution in [2.24, 2.45) is 0 Å². The number of benzene rings is 1. The highest BCUT2D eigenvalue weighted by molar-refractivity contribution is 8.00. The Labute approximate surface area is 122 Å². The third-order valence-electron chi connectivity index (χ3n) is 4.39. The van der Waals surface area contributed by atoms with Crippen molar-refractivity contribution in [3.05, 3.63) is 29.3 Å². The van der Waals surface area contributed by atoms with Crippen LogP contribution in [0.25, 0.3) is 0 Å². The molecule has 2 amide bonds. The summed E-state index contributed by atoms with van der Waals surface area (Å²) in [5.41, 5.74) is 7.17. The SMILES string of the molecule is CSC1(CN2C(=O)c3ccc(N)cc3C2=O)CCCC1. The van der Waals surface area contributed by atoms with Crippen molar-refractivity contribution >= 4 is 29.3 Å². The van der Waals surface area contributed by atoms with Gasteiger partial charge in [0.1, 0.15) is 0 Å². The minimum atomic E-state index is -0.197. The zero-order valence-electron chi connectivity index (χ0n) is 11.5. The molecule has 1 fully saturated rings. The van der Waals surface area contributed by atoms with Gasteiger partial charge in [0.05, 0.1) is 11.1 Å². The molecule has 106 valence electrons. The predicted molar refractivity (Wildman–Crippen MR) is 80.9 cm³/mol. The zero-order valence-corrected chi connectivity index (χ0v) is 12.3. The van der Waals surface area contributed by atoms with Gasteiger partial charge in [-0.15, -0.1) is 0 Å². The van der Waals surface area contributed by atoms with Gasteiger partial charge in [-0.05, 0) is 37.3 Å². The second-order valence-corrected chi connectivity index (χ2v) is 6.87. The number of amides is 2. The summed E-state index contributed by atoms with van der Waals surface area (Å²) in [6.07, 6.45) is 6.57. The molecule has 5 heteroatoms. The molecule has 1 aromatic rings. The summed E-state index contributed by atoms with van der Waals surface area (Å²) < 4.78 is 0.0406. The average molecular weight is 290 g/mol. The number of anilines is 1. The van der Waals surface area contributed by atoms with Crippen molar-refractivity contribution in [1.82, 2.24) is 4.90 Å². The summed E-state index contributed by atoms with van der Waals surface area (Å²) in [5.74, 6) is -0.372. The molecule has 4 nitrogen and oxygen atoms in total. The van der Waals surface area contributed by atoms with Crippen molar-refractivity contribution < 1.29 is 9.59 Å². The molecule has 1 heterocycles. The number of rotatable bonds is 3. The Morgan fingerprint density at radius 3 is 2.50 bits per heavy atom. The molecule has 0 aromatic heterocycles. The van der Waals surface area contributed by atoms with E-state index in [2.05, 4.69) is 6.26 Å². The lowest BCUT2D eigenvalue weighted by Gasteiger charge is -2.30. The van der Waals surface area contributed by atoms with E-state index in [0.29, 0.717) is 23.4 Å². The first-order chi connectivity index (χ1) is 9.56. The Balaban J connectivity index is 1.90. The fraction of sp³-hybridized carbons (Fsp3) is 0.467. The van der Waals surface area contributed by atoms with Crippen molar-refractivity contribution in [3.63, 3.8) is 0 Å². The zero-order chi connectivity index (χ0) is 14.3. The first kappa shape index (κ1) is 13.5. The highest BCUT2D eigenvalue weighted by atomic mass is 32.2. The van der Waals surface area contributed by atoms with Crippen LogP contribution in [0.15, 0.2) is 18.2 Å². The molecule has 3 rings (SSSR count). The first-order valence-electron chi connectivity index (χ1n) is 6.87. The maximum absolute atomic E-state index is 12.4. The second kappa shape index (κ2) is 4.81. The van der Waals surface area contributed by atoms with E-state index in [4.69, 9.17) is 5.73 Å². The largest absolute Gasteiger partial charge is 0.399 e. The molecule has 1 aliphatic heterocycles. The van der Waals surface area contributed by atoms with Gasteiger partial charge in [-0.3, -0.25) is 14.5 Å². The Kier molecular flexibility index (Phi) is 3.24. The predicted octanol–water partition coefficient (Wildman–Crippen LogP) is 2.54. The molecule has 1 aromatic carbocycles. The summed E-state index contributed by atoms with van der Waals surface area (Å²) >= 11 is 1.78. The van der Waals surface area contributed by atoms with Crippen molar-refractivity contribution in [3.8, 4) is 0 Å². The molecule has 20 heavy (non-hydrogen) atoms. The van der Waals surface area contributed by atoms with E-state index in [9.17, 15) is 9.59 Å². The van der Waals surface area contributed by atoms with Crippen LogP contribution in [0.4, 0.5) is 5.69 Å². The molecule has 2 aliphatic rings. The number of imide groups is 1. The lowest BCUT2D eigenvalue weighted by atomic mass is 10.1. The van der Waals surface area contributed by atoms with E-state index in [1.807, 2.05) is 0 Å². The highest BCUT2D eigenvalue weighted by Crippen LogP contribution is 2.42. The van der Waals surface area contributed by atoms with Crippen LogP contribution in [0.1, 0.15) is 46.4 Å². The van der Waals surface area contributed by atoms with Crippen LogP contribution in [-0.4, -0.2) is 34.3 Å². The van der Waals surface area contributed by atoms with Crippen molar-refractivity contribution in [2.45, 2.75) is 30.4 Å². The van der Waals surface area contributed by atoms with Crippen molar-refractivity contribution in [2.75, 3.05) is 18.5 Å². The van der Waals surface area contributed by atoms with Crippen LogP contribution in [0, 0.1) is 0 Å². The van der Waals surface area contributed by atoms with Gasteiger partial charge < -0.3 is 5.73 Å². The molecule has 0 radical (unpaired) electrons. The number of carbonyl (C=O) groups is 2. The fourth-order valence-corrected chi connectivity index (χ4v) is 4.14. The summed E-state index contributed by atoms with van der Waals surface area (Å²) in [6, 6.07) is 4.94. The Hall–Kier alpha value is -1.49. The molecule has 0 saturated heterocycles. The molecule has 0 spiro atoms. The first-order valence-corrected chi connectivity index (χ1v) is 8.10. The van der Waals surface area contributed by atoms with Gasteiger partial charge in [0.25, 0.3) is 11.8 Å². The van der Waals surface area contributed by atoms with Gasteiger partial charge in [-0.2, -0.15) is 11.8 Å². The molecule has 0 unspecified atom stereocenters. The minimum absolute atomic E-state index is 0.0406. The quantitative estimate of drug-likeness (QED) is 0.686. The molecule has 1 saturated carbocycles. The van der Waals surface area contributed by atoms with E-state index in [-0.39, 0.29) is 16.6 Å². The highest BCUT2D eigenvalue weighted by Gasteiger charge is 2.42. The molecule has 0 atom stereocenters. The molecular formula is C15H18N2O2S. The minimum Gasteiger partial charge on any atom is -0.399 e. The Morgan fingerprint density at radius 2 is 1.85 bits per heavy atom. The number of thioether (sulfide) groups is 1. The van der Waals surface area contributed by atoms with Crippen LogP contribution in [-0.2, 0) is 0 Å². The second-order valence-electron chi connectivity index (χ2n) is 5.60. The number of hydrogen-bond donors (Lipinski definition) is 1. The number of nitrogens with two attached hydrogens (primary N) is 1. The Bertz CT molecular complexity index is 579. The van der Waals surface area contributed by atoms with Gasteiger partial charge in [-0.1, -0.05) is 12.8 Å². The van der Waals surface area contributed by atoms with Crippen LogP contribution in [0.3, 0.4) is 0 Å². The maximum atomic E-state index is 12.4. The fourth-order valence-electron chi connectivity index (χ4n) is 3.19.